The van der Waals surface area contributed by atoms with Crippen LogP contribution in [0.25, 0.3) is 11.0 Å². The Morgan fingerprint density at radius 1 is 1.09 bits per heavy atom. The van der Waals surface area contributed by atoms with Gasteiger partial charge in [-0.2, -0.15) is 0 Å². The summed E-state index contributed by atoms with van der Waals surface area (Å²) in [5.74, 6) is 1.14. The molecule has 174 valence electrons. The number of hydrogen-bond donors (Lipinski definition) is 3. The number of hydrogen-bond acceptors (Lipinski definition) is 4. The van der Waals surface area contributed by atoms with Crippen molar-refractivity contribution in [3.63, 3.8) is 0 Å². The molecule has 1 atom stereocenters. The fraction of sp³-hybridized carbons (Fsp3) is 0.385. The lowest BCUT2D eigenvalue weighted by Gasteiger charge is -2.30. The van der Waals surface area contributed by atoms with Crippen LogP contribution in [-0.2, 0) is 11.3 Å². The molecule has 1 fully saturated rings. The van der Waals surface area contributed by atoms with E-state index in [0.29, 0.717) is 43.1 Å². The zero-order valence-corrected chi connectivity index (χ0v) is 19.1. The van der Waals surface area contributed by atoms with E-state index in [4.69, 9.17) is 9.15 Å². The number of nitrogens with one attached hydrogen (secondary N) is 3. The molecule has 3 amide bonds. The van der Waals surface area contributed by atoms with Gasteiger partial charge in [-0.15, -0.1) is 0 Å². The SMILES string of the molecule is CCOc1cccc2cc(C(C)NC(=O)C3(NC(=O)NCc4ccccc4)CCCC3)oc12. The number of benzene rings is 2. The van der Waals surface area contributed by atoms with Gasteiger partial charge in [-0.3, -0.25) is 4.79 Å². The van der Waals surface area contributed by atoms with Crippen molar-refractivity contribution in [1.29, 1.82) is 0 Å². The van der Waals surface area contributed by atoms with Crippen LogP contribution in [0.5, 0.6) is 5.75 Å². The van der Waals surface area contributed by atoms with Crippen LogP contribution in [0.2, 0.25) is 0 Å². The van der Waals surface area contributed by atoms with E-state index in [1.54, 1.807) is 0 Å². The molecule has 1 saturated carbocycles. The smallest absolute Gasteiger partial charge is 0.315 e. The summed E-state index contributed by atoms with van der Waals surface area (Å²) in [6, 6.07) is 16.7. The number of carbonyl (C=O) groups excluding carboxylic acids is 2. The maximum absolute atomic E-state index is 13.3. The molecule has 1 aliphatic carbocycles. The first-order chi connectivity index (χ1) is 16.0. The molecule has 0 radical (unpaired) electrons. The fourth-order valence-electron chi connectivity index (χ4n) is 4.37. The quantitative estimate of drug-likeness (QED) is 0.460. The molecule has 4 rings (SSSR count). The number of rotatable bonds is 8. The van der Waals surface area contributed by atoms with E-state index < -0.39 is 5.54 Å². The highest BCUT2D eigenvalue weighted by Gasteiger charge is 2.43. The summed E-state index contributed by atoms with van der Waals surface area (Å²) in [5.41, 5.74) is 0.754. The van der Waals surface area contributed by atoms with Gasteiger partial charge in [-0.1, -0.05) is 55.3 Å². The highest BCUT2D eigenvalue weighted by Crippen LogP contribution is 2.33. The van der Waals surface area contributed by atoms with Gasteiger partial charge in [0, 0.05) is 11.9 Å². The molecule has 1 aromatic heterocycles. The first-order valence-corrected chi connectivity index (χ1v) is 11.6. The summed E-state index contributed by atoms with van der Waals surface area (Å²) in [7, 11) is 0. The van der Waals surface area contributed by atoms with Crippen molar-refractivity contribution in [2.24, 2.45) is 0 Å². The van der Waals surface area contributed by atoms with Crippen LogP contribution >= 0.6 is 0 Å². The Morgan fingerprint density at radius 3 is 2.58 bits per heavy atom. The number of carbonyl (C=O) groups is 2. The summed E-state index contributed by atoms with van der Waals surface area (Å²) in [6.45, 7) is 4.76. The lowest BCUT2D eigenvalue weighted by Crippen LogP contribution is -2.59. The number of furan rings is 1. The Morgan fingerprint density at radius 2 is 1.85 bits per heavy atom. The second-order valence-electron chi connectivity index (χ2n) is 8.53. The van der Waals surface area contributed by atoms with Crippen molar-refractivity contribution in [2.45, 2.75) is 57.7 Å². The minimum atomic E-state index is -0.919. The number of para-hydroxylation sites is 1. The van der Waals surface area contributed by atoms with Crippen molar-refractivity contribution in [3.8, 4) is 5.75 Å². The number of amides is 3. The summed E-state index contributed by atoms with van der Waals surface area (Å²) in [5, 5.41) is 9.80. The number of urea groups is 1. The van der Waals surface area contributed by atoms with Gasteiger partial charge >= 0.3 is 6.03 Å². The largest absolute Gasteiger partial charge is 0.490 e. The summed E-state index contributed by atoms with van der Waals surface area (Å²) in [6.07, 6.45) is 3.00. The normalized spacial score (nSPS) is 15.7. The highest BCUT2D eigenvalue weighted by molar-refractivity contribution is 5.91. The Labute approximate surface area is 193 Å². The predicted molar refractivity (Wildman–Crippen MR) is 127 cm³/mol. The minimum absolute atomic E-state index is 0.187. The van der Waals surface area contributed by atoms with Gasteiger partial charge in [-0.05, 0) is 44.4 Å². The van der Waals surface area contributed by atoms with Gasteiger partial charge in [0.05, 0.1) is 12.6 Å². The first kappa shape index (κ1) is 22.7. The molecule has 1 unspecified atom stereocenters. The zero-order chi connectivity index (χ0) is 23.3. The van der Waals surface area contributed by atoms with Gasteiger partial charge in [0.1, 0.15) is 11.3 Å². The van der Waals surface area contributed by atoms with E-state index in [0.717, 1.165) is 23.8 Å². The van der Waals surface area contributed by atoms with E-state index in [1.807, 2.05) is 68.4 Å². The lowest BCUT2D eigenvalue weighted by molar-refractivity contribution is -0.127. The Bertz CT molecular complexity index is 1100. The second-order valence-corrected chi connectivity index (χ2v) is 8.53. The average molecular weight is 450 g/mol. The van der Waals surface area contributed by atoms with Crippen molar-refractivity contribution >= 4 is 22.9 Å². The molecule has 7 heteroatoms. The molecule has 33 heavy (non-hydrogen) atoms. The molecule has 3 aromatic rings. The molecule has 3 N–H and O–H groups in total. The van der Waals surface area contributed by atoms with Crippen LogP contribution in [0.15, 0.2) is 59.0 Å². The van der Waals surface area contributed by atoms with Crippen molar-refractivity contribution < 1.29 is 18.7 Å². The molecular formula is C26H31N3O4. The van der Waals surface area contributed by atoms with Gasteiger partial charge in [0.15, 0.2) is 11.3 Å². The zero-order valence-electron chi connectivity index (χ0n) is 19.1. The number of fused-ring (bicyclic) bond motifs is 1. The van der Waals surface area contributed by atoms with Crippen LogP contribution in [0, 0.1) is 0 Å². The fourth-order valence-corrected chi connectivity index (χ4v) is 4.37. The molecule has 0 saturated heterocycles. The lowest BCUT2D eigenvalue weighted by atomic mass is 9.96. The van der Waals surface area contributed by atoms with Crippen molar-refractivity contribution in [1.82, 2.24) is 16.0 Å². The van der Waals surface area contributed by atoms with E-state index in [2.05, 4.69) is 16.0 Å². The molecule has 0 bridgehead atoms. The van der Waals surface area contributed by atoms with Gasteiger partial charge < -0.3 is 25.1 Å². The standard InChI is InChI=1S/C26H31N3O4/c1-3-32-21-13-9-12-20-16-22(33-23(20)21)18(2)28-24(30)26(14-7-8-15-26)29-25(31)27-17-19-10-5-4-6-11-19/h4-6,9-13,16,18H,3,7-8,14-15,17H2,1-2H3,(H,28,30)(H2,27,29,31). The average Bonchev–Trinajstić information content (AvgIpc) is 3.47. The third-order valence-electron chi connectivity index (χ3n) is 6.14. The Hall–Kier alpha value is -3.48. The molecular weight excluding hydrogens is 418 g/mol. The monoisotopic (exact) mass is 449 g/mol. The van der Waals surface area contributed by atoms with Gasteiger partial charge in [-0.25, -0.2) is 4.79 Å². The predicted octanol–water partition coefficient (Wildman–Crippen LogP) is 4.82. The topological polar surface area (TPSA) is 92.6 Å². The van der Waals surface area contributed by atoms with E-state index >= 15 is 0 Å². The van der Waals surface area contributed by atoms with E-state index in [9.17, 15) is 9.59 Å². The third kappa shape index (κ3) is 5.13. The van der Waals surface area contributed by atoms with Crippen LogP contribution < -0.4 is 20.7 Å². The first-order valence-electron chi connectivity index (χ1n) is 11.6. The molecule has 1 aliphatic rings. The van der Waals surface area contributed by atoms with Crippen LogP contribution in [0.1, 0.15) is 56.9 Å². The Balaban J connectivity index is 1.43. The minimum Gasteiger partial charge on any atom is -0.490 e. The third-order valence-corrected chi connectivity index (χ3v) is 6.14. The van der Waals surface area contributed by atoms with Crippen LogP contribution in [-0.4, -0.2) is 24.1 Å². The van der Waals surface area contributed by atoms with Crippen LogP contribution in [0.4, 0.5) is 4.79 Å². The summed E-state index contributed by atoms with van der Waals surface area (Å²) < 4.78 is 11.7. The Kier molecular flexibility index (Phi) is 6.87. The maximum Gasteiger partial charge on any atom is 0.315 e. The summed E-state index contributed by atoms with van der Waals surface area (Å²) >= 11 is 0. The number of ether oxygens (including phenoxy) is 1. The van der Waals surface area contributed by atoms with Crippen molar-refractivity contribution in [2.75, 3.05) is 6.61 Å². The second kappa shape index (κ2) is 9.98. The molecule has 2 aromatic carbocycles. The van der Waals surface area contributed by atoms with E-state index in [1.165, 1.54) is 0 Å². The molecule has 0 spiro atoms. The van der Waals surface area contributed by atoms with Crippen molar-refractivity contribution in [3.05, 3.63) is 65.9 Å². The van der Waals surface area contributed by atoms with E-state index in [-0.39, 0.29) is 18.0 Å². The summed E-state index contributed by atoms with van der Waals surface area (Å²) in [4.78, 5) is 25.9. The van der Waals surface area contributed by atoms with Gasteiger partial charge in [0.25, 0.3) is 0 Å². The maximum atomic E-state index is 13.3. The molecule has 1 heterocycles. The van der Waals surface area contributed by atoms with Crippen LogP contribution in [0.3, 0.4) is 0 Å². The molecule has 7 nitrogen and oxygen atoms in total. The molecule has 0 aliphatic heterocycles. The highest BCUT2D eigenvalue weighted by atomic mass is 16.5. The van der Waals surface area contributed by atoms with Gasteiger partial charge in [0.2, 0.25) is 5.91 Å².